The molecule has 1 heterocycles. The van der Waals surface area contributed by atoms with Gasteiger partial charge >= 0.3 is 5.69 Å². The fourth-order valence-corrected chi connectivity index (χ4v) is 3.73. The molecule has 0 spiro atoms. The molecule has 1 aromatic heterocycles. The molecule has 4 heteroatoms. The lowest BCUT2D eigenvalue weighted by Crippen LogP contribution is -2.14. The second-order valence-electron chi connectivity index (χ2n) is 7.56. The Bertz CT molecular complexity index is 1510. The van der Waals surface area contributed by atoms with Crippen molar-refractivity contribution in [2.75, 3.05) is 0 Å². The van der Waals surface area contributed by atoms with Gasteiger partial charge in [-0.1, -0.05) is 84.9 Å². The summed E-state index contributed by atoms with van der Waals surface area (Å²) >= 11 is 0. The molecule has 0 aliphatic rings. The molecule has 0 fully saturated rings. The highest BCUT2D eigenvalue weighted by molar-refractivity contribution is 6.07. The zero-order valence-electron chi connectivity index (χ0n) is 17.2. The van der Waals surface area contributed by atoms with Crippen LogP contribution in [-0.2, 0) is 0 Å². The highest BCUT2D eigenvalue weighted by Crippen LogP contribution is 2.23. The van der Waals surface area contributed by atoms with E-state index in [-0.39, 0.29) is 11.5 Å². The minimum Gasteiger partial charge on any atom is -0.305 e. The van der Waals surface area contributed by atoms with Crippen molar-refractivity contribution < 1.29 is 4.79 Å². The van der Waals surface area contributed by atoms with Crippen LogP contribution in [0.4, 0.5) is 0 Å². The number of hydrogen-bond donors (Lipinski definition) is 1. The number of imidazole rings is 1. The van der Waals surface area contributed by atoms with Crippen LogP contribution in [0.3, 0.4) is 0 Å². The molecule has 0 saturated heterocycles. The zero-order valence-corrected chi connectivity index (χ0v) is 17.2. The quantitative estimate of drug-likeness (QED) is 0.287. The van der Waals surface area contributed by atoms with Crippen molar-refractivity contribution in [3.63, 3.8) is 0 Å². The van der Waals surface area contributed by atoms with Crippen LogP contribution in [0.1, 0.15) is 15.9 Å². The van der Waals surface area contributed by atoms with Gasteiger partial charge in [0, 0.05) is 17.3 Å². The number of aromatic amines is 1. The smallest absolute Gasteiger partial charge is 0.305 e. The number of fused-ring (bicyclic) bond motifs is 1. The molecule has 32 heavy (non-hydrogen) atoms. The van der Waals surface area contributed by atoms with Gasteiger partial charge in [0.25, 0.3) is 0 Å². The number of H-pyrrole nitrogens is 1. The van der Waals surface area contributed by atoms with Crippen LogP contribution in [0, 0.1) is 0 Å². The Hall–Kier alpha value is -4.44. The summed E-state index contributed by atoms with van der Waals surface area (Å²) in [6.07, 6.45) is 5.11. The number of nitrogens with zero attached hydrogens (tertiary/aromatic N) is 1. The molecular formula is C28H20N2O2. The van der Waals surface area contributed by atoms with Gasteiger partial charge in [0.15, 0.2) is 5.78 Å². The van der Waals surface area contributed by atoms with Crippen molar-refractivity contribution in [2.45, 2.75) is 0 Å². The molecule has 4 aromatic carbocycles. The Morgan fingerprint density at radius 3 is 2.41 bits per heavy atom. The second kappa shape index (κ2) is 8.36. The molecule has 0 bridgehead atoms. The van der Waals surface area contributed by atoms with Crippen LogP contribution in [0.15, 0.2) is 114 Å². The molecule has 0 radical (unpaired) electrons. The fraction of sp³-hybridized carbons (Fsp3) is 0. The van der Waals surface area contributed by atoms with Crippen LogP contribution in [0.5, 0.6) is 0 Å². The third-order valence-corrected chi connectivity index (χ3v) is 5.41. The van der Waals surface area contributed by atoms with Crippen molar-refractivity contribution >= 4 is 22.6 Å². The van der Waals surface area contributed by atoms with E-state index in [1.165, 1.54) is 4.57 Å². The number of allylic oxidation sites excluding steroid dienone is 1. The van der Waals surface area contributed by atoms with Gasteiger partial charge in [0.05, 0.1) is 11.4 Å². The molecule has 0 aliphatic heterocycles. The number of nitrogens with one attached hydrogen (secondary N) is 1. The van der Waals surface area contributed by atoms with Crippen LogP contribution in [0.25, 0.3) is 33.8 Å². The Kier molecular flexibility index (Phi) is 5.10. The molecule has 0 amide bonds. The van der Waals surface area contributed by atoms with Crippen LogP contribution >= 0.6 is 0 Å². The topological polar surface area (TPSA) is 54.9 Å². The number of benzene rings is 4. The van der Waals surface area contributed by atoms with Gasteiger partial charge in [-0.05, 0) is 40.6 Å². The normalized spacial score (nSPS) is 11.2. The Labute approximate surface area is 185 Å². The van der Waals surface area contributed by atoms with Crippen LogP contribution < -0.4 is 5.69 Å². The predicted molar refractivity (Wildman–Crippen MR) is 129 cm³/mol. The summed E-state index contributed by atoms with van der Waals surface area (Å²) in [6, 6.07) is 30.9. The molecule has 5 aromatic rings. The minimum atomic E-state index is -0.252. The van der Waals surface area contributed by atoms with E-state index in [1.54, 1.807) is 36.5 Å². The molecule has 4 nitrogen and oxygen atoms in total. The van der Waals surface area contributed by atoms with Crippen molar-refractivity contribution in [3.8, 4) is 16.9 Å². The lowest BCUT2D eigenvalue weighted by molar-refractivity contribution is 0.104. The maximum atomic E-state index is 12.7. The third kappa shape index (κ3) is 3.94. The summed E-state index contributed by atoms with van der Waals surface area (Å²) in [5.74, 6) is -0.117. The first-order chi connectivity index (χ1) is 15.7. The number of ketones is 1. The van der Waals surface area contributed by atoms with E-state index in [0.29, 0.717) is 11.3 Å². The van der Waals surface area contributed by atoms with Gasteiger partial charge < -0.3 is 4.98 Å². The Morgan fingerprint density at radius 2 is 1.56 bits per heavy atom. The van der Waals surface area contributed by atoms with Crippen molar-refractivity contribution in [1.82, 2.24) is 9.55 Å². The fourth-order valence-electron chi connectivity index (χ4n) is 3.73. The Morgan fingerprint density at radius 1 is 0.781 bits per heavy atom. The summed E-state index contributed by atoms with van der Waals surface area (Å²) < 4.78 is 1.53. The SMILES string of the molecule is O=C(/C=C/c1ccccc1)c1cccc(-n2cc(-c3ccc4ccccc4c3)[nH]c2=O)c1. The molecular weight excluding hydrogens is 396 g/mol. The largest absolute Gasteiger partial charge is 0.330 e. The van der Waals surface area contributed by atoms with E-state index in [9.17, 15) is 9.59 Å². The van der Waals surface area contributed by atoms with E-state index in [2.05, 4.69) is 17.1 Å². The number of aromatic nitrogens is 2. The van der Waals surface area contributed by atoms with Crippen molar-refractivity contribution in [3.05, 3.63) is 131 Å². The predicted octanol–water partition coefficient (Wildman–Crippen LogP) is 5.88. The van der Waals surface area contributed by atoms with Gasteiger partial charge in [0.2, 0.25) is 0 Å². The molecule has 0 aliphatic carbocycles. The maximum absolute atomic E-state index is 12.7. The lowest BCUT2D eigenvalue weighted by atomic mass is 10.1. The number of hydrogen-bond acceptors (Lipinski definition) is 2. The van der Waals surface area contributed by atoms with Crippen LogP contribution in [-0.4, -0.2) is 15.3 Å². The summed E-state index contributed by atoms with van der Waals surface area (Å²) in [5.41, 5.74) is 3.52. The molecule has 0 unspecified atom stereocenters. The van der Waals surface area contributed by atoms with Gasteiger partial charge in [-0.15, -0.1) is 0 Å². The lowest BCUT2D eigenvalue weighted by Gasteiger charge is -2.04. The van der Waals surface area contributed by atoms with Crippen molar-refractivity contribution in [2.24, 2.45) is 0 Å². The number of carbonyl (C=O) groups excluding carboxylic acids is 1. The summed E-state index contributed by atoms with van der Waals surface area (Å²) in [7, 11) is 0. The Balaban J connectivity index is 1.45. The van der Waals surface area contributed by atoms with Crippen LogP contribution in [0.2, 0.25) is 0 Å². The second-order valence-corrected chi connectivity index (χ2v) is 7.56. The highest BCUT2D eigenvalue weighted by atomic mass is 16.1. The molecule has 0 atom stereocenters. The summed E-state index contributed by atoms with van der Waals surface area (Å²) in [6.45, 7) is 0. The van der Waals surface area contributed by atoms with E-state index in [1.807, 2.05) is 66.7 Å². The van der Waals surface area contributed by atoms with Gasteiger partial charge in [-0.2, -0.15) is 0 Å². The number of rotatable bonds is 5. The first kappa shape index (κ1) is 19.5. The first-order valence-corrected chi connectivity index (χ1v) is 10.4. The van der Waals surface area contributed by atoms with E-state index < -0.39 is 0 Å². The van der Waals surface area contributed by atoms with Gasteiger partial charge in [0.1, 0.15) is 0 Å². The van der Waals surface area contributed by atoms with E-state index >= 15 is 0 Å². The van der Waals surface area contributed by atoms with Gasteiger partial charge in [-0.3, -0.25) is 9.36 Å². The molecule has 0 saturated carbocycles. The zero-order chi connectivity index (χ0) is 21.9. The summed E-state index contributed by atoms with van der Waals surface area (Å²) in [4.78, 5) is 28.3. The van der Waals surface area contributed by atoms with Crippen molar-refractivity contribution in [1.29, 1.82) is 0 Å². The maximum Gasteiger partial charge on any atom is 0.330 e. The average Bonchev–Trinajstić information content (AvgIpc) is 3.24. The monoisotopic (exact) mass is 416 g/mol. The van der Waals surface area contributed by atoms with E-state index in [0.717, 1.165) is 27.6 Å². The van der Waals surface area contributed by atoms with E-state index in [4.69, 9.17) is 0 Å². The van der Waals surface area contributed by atoms with Gasteiger partial charge in [-0.25, -0.2) is 4.79 Å². The molecule has 154 valence electrons. The average molecular weight is 416 g/mol. The minimum absolute atomic E-state index is 0.117. The number of carbonyl (C=O) groups is 1. The first-order valence-electron chi connectivity index (χ1n) is 10.4. The molecule has 1 N–H and O–H groups in total. The highest BCUT2D eigenvalue weighted by Gasteiger charge is 2.10. The summed E-state index contributed by atoms with van der Waals surface area (Å²) in [5, 5.41) is 2.25. The third-order valence-electron chi connectivity index (χ3n) is 5.41. The standard InChI is InChI=1S/C28H20N2O2/c31-27(16-13-20-7-2-1-3-8-20)24-11-6-12-25(18-24)30-19-26(29-28(30)32)23-15-14-21-9-4-5-10-22(21)17-23/h1-19H,(H,29,32)/b16-13+. The molecule has 5 rings (SSSR count).